The highest BCUT2D eigenvalue weighted by Gasteiger charge is 2.28. The van der Waals surface area contributed by atoms with Gasteiger partial charge in [0.15, 0.2) is 0 Å². The molecule has 0 saturated carbocycles. The average molecular weight is 339 g/mol. The molecule has 1 rings (SSSR count). The van der Waals surface area contributed by atoms with E-state index in [0.717, 1.165) is 0 Å². The van der Waals surface area contributed by atoms with Crippen molar-refractivity contribution in [3.63, 3.8) is 0 Å². The third-order valence-corrected chi connectivity index (χ3v) is 3.91. The van der Waals surface area contributed by atoms with Crippen molar-refractivity contribution in [1.82, 2.24) is 10.3 Å². The highest BCUT2D eigenvalue weighted by molar-refractivity contribution is 7.91. The van der Waals surface area contributed by atoms with E-state index in [-0.39, 0.29) is 6.54 Å². The molecule has 0 aliphatic rings. The van der Waals surface area contributed by atoms with Gasteiger partial charge in [-0.1, -0.05) is 10.5 Å². The van der Waals surface area contributed by atoms with Crippen LogP contribution in [0.3, 0.4) is 0 Å². The van der Waals surface area contributed by atoms with Gasteiger partial charge in [-0.15, -0.1) is 0 Å². The Kier molecular flexibility index (Phi) is 6.58. The van der Waals surface area contributed by atoms with Crippen LogP contribution in [0, 0.1) is 0 Å². The zero-order valence-corrected chi connectivity index (χ0v) is 15.4. The Hall–Kier alpha value is -1.60. The lowest BCUT2D eigenvalue weighted by molar-refractivity contribution is 0.0536. The normalized spacial score (nSPS) is 14.3. The first-order chi connectivity index (χ1) is 10.5. The third-order valence-electron chi connectivity index (χ3n) is 2.48. The van der Waals surface area contributed by atoms with Crippen LogP contribution in [0.5, 0.6) is 0 Å². The van der Waals surface area contributed by atoms with Crippen molar-refractivity contribution in [1.29, 1.82) is 0 Å². The monoisotopic (exact) mass is 339 g/mol. The molecule has 1 amide bonds. The maximum absolute atomic E-state index is 12.3. The van der Waals surface area contributed by atoms with E-state index in [2.05, 4.69) is 14.7 Å². The second kappa shape index (κ2) is 7.79. The maximum atomic E-state index is 12.3. The van der Waals surface area contributed by atoms with Crippen LogP contribution in [0.4, 0.5) is 4.79 Å². The first-order valence-corrected chi connectivity index (χ1v) is 8.47. The molecule has 1 aromatic rings. The fourth-order valence-electron chi connectivity index (χ4n) is 1.41. The van der Waals surface area contributed by atoms with E-state index in [9.17, 15) is 9.35 Å². The van der Waals surface area contributed by atoms with Gasteiger partial charge in [0, 0.05) is 6.20 Å². The van der Waals surface area contributed by atoms with Gasteiger partial charge in [-0.25, -0.2) is 4.79 Å². The topological polar surface area (TPSA) is 86.6 Å². The molecular formula is C16H25N3O3S. The second-order valence-corrected chi connectivity index (χ2v) is 8.88. The molecule has 0 aliphatic carbocycles. The first kappa shape index (κ1) is 19.4. The molecule has 1 N–H and O–H groups in total. The summed E-state index contributed by atoms with van der Waals surface area (Å²) in [6.45, 7) is 11.0. The van der Waals surface area contributed by atoms with Gasteiger partial charge in [-0.2, -0.15) is 0 Å². The molecule has 0 radical (unpaired) electrons. The molecule has 0 aliphatic heterocycles. The number of rotatable bonds is 4. The fourth-order valence-corrected chi connectivity index (χ4v) is 2.04. The summed E-state index contributed by atoms with van der Waals surface area (Å²) in [5.74, 6) is 0. The van der Waals surface area contributed by atoms with Crippen LogP contribution in [0.15, 0.2) is 28.8 Å². The van der Waals surface area contributed by atoms with E-state index >= 15 is 0 Å². The molecule has 0 aromatic carbocycles. The fraction of sp³-hybridized carbons (Fsp3) is 0.562. The molecule has 1 heterocycles. The molecule has 0 fully saturated rings. The van der Waals surface area contributed by atoms with Crippen LogP contribution in [-0.4, -0.2) is 38.2 Å². The number of ether oxygens (including phenoxy) is 1. The third kappa shape index (κ3) is 7.47. The number of aromatic nitrogens is 1. The van der Waals surface area contributed by atoms with Gasteiger partial charge in [-0.05, 0) is 53.7 Å². The van der Waals surface area contributed by atoms with Gasteiger partial charge in [0.2, 0.25) is 0 Å². The zero-order chi connectivity index (χ0) is 17.7. The number of hydrogen-bond acceptors (Lipinski definition) is 5. The van der Waals surface area contributed by atoms with Crippen LogP contribution >= 0.6 is 0 Å². The van der Waals surface area contributed by atoms with Gasteiger partial charge in [0.25, 0.3) is 0 Å². The summed E-state index contributed by atoms with van der Waals surface area (Å²) in [7, 11) is 0. The first-order valence-electron chi connectivity index (χ1n) is 7.37. The van der Waals surface area contributed by atoms with Crippen molar-refractivity contribution < 1.29 is 14.1 Å². The highest BCUT2D eigenvalue weighted by Crippen LogP contribution is 2.18. The Morgan fingerprint density at radius 2 is 1.96 bits per heavy atom. The summed E-state index contributed by atoms with van der Waals surface area (Å²) < 4.78 is 21.2. The van der Waals surface area contributed by atoms with Crippen molar-refractivity contribution in [2.75, 3.05) is 6.54 Å². The number of alkyl carbamates (subject to hydrolysis) is 1. The predicted molar refractivity (Wildman–Crippen MR) is 92.9 cm³/mol. The minimum Gasteiger partial charge on any atom is -0.591 e. The van der Waals surface area contributed by atoms with Crippen molar-refractivity contribution in [2.24, 2.45) is 4.40 Å². The standard InChI is InChI=1S/C16H25N3O3S/c1-15(2,3)22-14(20)18-11-13(12-9-7-8-10-17-12)19-23(21)16(4,5)6/h7-10H,11H2,1-6H3,(H,18,20)/b19-13-. The smallest absolute Gasteiger partial charge is 0.407 e. The van der Waals surface area contributed by atoms with E-state index in [1.54, 1.807) is 39.1 Å². The van der Waals surface area contributed by atoms with E-state index in [1.807, 2.05) is 26.8 Å². The van der Waals surface area contributed by atoms with E-state index in [1.165, 1.54) is 0 Å². The number of nitrogens with one attached hydrogen (secondary N) is 1. The lowest BCUT2D eigenvalue weighted by Gasteiger charge is -2.21. The van der Waals surface area contributed by atoms with E-state index in [0.29, 0.717) is 11.4 Å². The lowest BCUT2D eigenvalue weighted by Crippen LogP contribution is -2.37. The minimum atomic E-state index is -1.45. The number of amides is 1. The summed E-state index contributed by atoms with van der Waals surface area (Å²) in [6, 6.07) is 5.35. The number of pyridine rings is 1. The van der Waals surface area contributed by atoms with Gasteiger partial charge < -0.3 is 14.6 Å². The van der Waals surface area contributed by atoms with Crippen LogP contribution < -0.4 is 5.32 Å². The van der Waals surface area contributed by atoms with Crippen molar-refractivity contribution in [3.05, 3.63) is 30.1 Å². The van der Waals surface area contributed by atoms with Crippen LogP contribution in [0.25, 0.3) is 0 Å². The predicted octanol–water partition coefficient (Wildman–Crippen LogP) is 2.86. The van der Waals surface area contributed by atoms with Crippen LogP contribution in [0.2, 0.25) is 0 Å². The number of carbonyl (C=O) groups is 1. The summed E-state index contributed by atoms with van der Waals surface area (Å²) in [4.78, 5) is 16.0. The number of nitrogens with zero attached hydrogens (tertiary/aromatic N) is 2. The SMILES string of the molecule is CC(C)(C)OC(=O)NC/C(=N/[S+]([O-])C(C)(C)C)c1ccccn1. The summed E-state index contributed by atoms with van der Waals surface area (Å²) in [5, 5.41) is 2.63. The largest absolute Gasteiger partial charge is 0.591 e. The van der Waals surface area contributed by atoms with Crippen molar-refractivity contribution >= 4 is 23.2 Å². The molecular weight excluding hydrogens is 314 g/mol. The molecule has 128 valence electrons. The minimum absolute atomic E-state index is 0.0910. The maximum Gasteiger partial charge on any atom is 0.407 e. The summed E-state index contributed by atoms with van der Waals surface area (Å²) >= 11 is -1.45. The second-order valence-electron chi connectivity index (χ2n) is 6.97. The van der Waals surface area contributed by atoms with Gasteiger partial charge in [0.1, 0.15) is 27.4 Å². The van der Waals surface area contributed by atoms with Crippen LogP contribution in [-0.2, 0) is 16.1 Å². The van der Waals surface area contributed by atoms with E-state index < -0.39 is 27.8 Å². The molecule has 7 heteroatoms. The molecule has 6 nitrogen and oxygen atoms in total. The van der Waals surface area contributed by atoms with Crippen molar-refractivity contribution in [3.8, 4) is 0 Å². The number of carbonyl (C=O) groups excluding carboxylic acids is 1. The quantitative estimate of drug-likeness (QED) is 0.675. The number of hydrogen-bond donors (Lipinski definition) is 1. The van der Waals surface area contributed by atoms with Gasteiger partial charge in [0.05, 0.1) is 12.2 Å². The Morgan fingerprint density at radius 3 is 2.43 bits per heavy atom. The Balaban J connectivity index is 2.90. The van der Waals surface area contributed by atoms with Crippen molar-refractivity contribution in [2.45, 2.75) is 51.9 Å². The lowest BCUT2D eigenvalue weighted by atomic mass is 10.2. The summed E-state index contributed by atoms with van der Waals surface area (Å²) in [6.07, 6.45) is 1.07. The van der Waals surface area contributed by atoms with Gasteiger partial charge >= 0.3 is 6.09 Å². The average Bonchev–Trinajstić information content (AvgIpc) is 2.41. The molecule has 0 spiro atoms. The summed E-state index contributed by atoms with van der Waals surface area (Å²) in [5.41, 5.74) is 0.437. The zero-order valence-electron chi connectivity index (χ0n) is 14.5. The molecule has 23 heavy (non-hydrogen) atoms. The molecule has 1 atom stereocenters. The molecule has 0 saturated heterocycles. The Bertz CT molecular complexity index is 548. The Morgan fingerprint density at radius 1 is 1.30 bits per heavy atom. The van der Waals surface area contributed by atoms with Crippen LogP contribution in [0.1, 0.15) is 47.2 Å². The molecule has 1 aromatic heterocycles. The Labute approximate surface area is 141 Å². The van der Waals surface area contributed by atoms with Gasteiger partial charge in [-0.3, -0.25) is 4.98 Å². The molecule has 1 unspecified atom stereocenters. The van der Waals surface area contributed by atoms with E-state index in [4.69, 9.17) is 4.74 Å². The highest BCUT2D eigenvalue weighted by atomic mass is 32.2. The molecule has 0 bridgehead atoms.